The van der Waals surface area contributed by atoms with Gasteiger partial charge >= 0.3 is 17.8 Å². The van der Waals surface area contributed by atoms with E-state index < -0.39 is 23.9 Å². The summed E-state index contributed by atoms with van der Waals surface area (Å²) in [5.74, 6) is -1.14. The van der Waals surface area contributed by atoms with Crippen molar-refractivity contribution in [3.8, 4) is 28.4 Å². The molecular formula is C20H16F5N5O5. The monoisotopic (exact) mass is 501 g/mol. The average Bonchev–Trinajstić information content (AvgIpc) is 3.42. The van der Waals surface area contributed by atoms with Crippen molar-refractivity contribution in [2.75, 3.05) is 13.3 Å². The molecule has 0 bridgehead atoms. The van der Waals surface area contributed by atoms with Crippen molar-refractivity contribution in [3.05, 3.63) is 64.5 Å². The number of hydrogen-bond acceptors (Lipinski definition) is 7. The van der Waals surface area contributed by atoms with E-state index in [4.69, 9.17) is 25.1 Å². The van der Waals surface area contributed by atoms with E-state index in [0.29, 0.717) is 11.5 Å². The molecule has 1 aliphatic heterocycles. The molecule has 1 aromatic carbocycles. The van der Waals surface area contributed by atoms with Crippen LogP contribution in [-0.4, -0.2) is 50.3 Å². The summed E-state index contributed by atoms with van der Waals surface area (Å²) >= 11 is 0. The normalized spacial score (nSPS) is 12.1. The molecule has 35 heavy (non-hydrogen) atoms. The van der Waals surface area contributed by atoms with Gasteiger partial charge in [-0.25, -0.2) is 24.2 Å². The maximum Gasteiger partial charge on any atom is 0.490 e. The highest BCUT2D eigenvalue weighted by Gasteiger charge is 2.38. The zero-order valence-corrected chi connectivity index (χ0v) is 17.5. The standard InChI is InChI=1S/C18H15F2N5O3.C2HF3O2/c19-17(20)12(8-21)7-16-23-24-18(26)25(16)15-6-11(3-4-22-15)10-1-2-13-14(5-10)28-9-27-13;3-2(4,5)1(6)7/h1-6H,7-9,21H2,(H,24,26);(H,6,7). The van der Waals surface area contributed by atoms with Crippen molar-refractivity contribution in [1.29, 1.82) is 0 Å². The van der Waals surface area contributed by atoms with Crippen LogP contribution in [0.15, 0.2) is 53.0 Å². The number of alkyl halides is 3. The van der Waals surface area contributed by atoms with Gasteiger partial charge in [0.1, 0.15) is 11.6 Å². The molecule has 1 aliphatic rings. The number of fused-ring (bicyclic) bond motifs is 1. The average molecular weight is 501 g/mol. The van der Waals surface area contributed by atoms with Gasteiger partial charge in [0.05, 0.1) is 0 Å². The van der Waals surface area contributed by atoms with Crippen molar-refractivity contribution in [2.24, 2.45) is 5.73 Å². The highest BCUT2D eigenvalue weighted by Crippen LogP contribution is 2.36. The molecule has 0 radical (unpaired) electrons. The van der Waals surface area contributed by atoms with Crippen LogP contribution < -0.4 is 20.9 Å². The highest BCUT2D eigenvalue weighted by atomic mass is 19.4. The van der Waals surface area contributed by atoms with Gasteiger partial charge in [0.15, 0.2) is 11.5 Å². The first kappa shape index (κ1) is 25.4. The molecule has 0 spiro atoms. The predicted octanol–water partition coefficient (Wildman–Crippen LogP) is 2.64. The molecule has 2 aromatic heterocycles. The Morgan fingerprint density at radius 1 is 1.14 bits per heavy atom. The predicted molar refractivity (Wildman–Crippen MR) is 109 cm³/mol. The molecule has 15 heteroatoms. The van der Waals surface area contributed by atoms with Gasteiger partial charge in [-0.15, -0.1) is 0 Å². The number of halogens is 5. The Kier molecular flexibility index (Phi) is 7.49. The number of ether oxygens (including phenoxy) is 2. The molecule has 4 N–H and O–H groups in total. The number of aliphatic carboxylic acids is 1. The minimum Gasteiger partial charge on any atom is -0.475 e. The van der Waals surface area contributed by atoms with E-state index in [9.17, 15) is 26.7 Å². The summed E-state index contributed by atoms with van der Waals surface area (Å²) < 4.78 is 69.5. The summed E-state index contributed by atoms with van der Waals surface area (Å²) in [7, 11) is 0. The largest absolute Gasteiger partial charge is 0.490 e. The lowest BCUT2D eigenvalue weighted by atomic mass is 10.1. The first-order chi connectivity index (χ1) is 16.5. The molecule has 0 aliphatic carbocycles. The van der Waals surface area contributed by atoms with Crippen molar-refractivity contribution < 1.29 is 41.3 Å². The first-order valence-electron chi connectivity index (χ1n) is 9.57. The van der Waals surface area contributed by atoms with Crippen molar-refractivity contribution in [3.63, 3.8) is 0 Å². The summed E-state index contributed by atoms with van der Waals surface area (Å²) in [5.41, 5.74) is 6.06. The van der Waals surface area contributed by atoms with Gasteiger partial charge in [-0.05, 0) is 35.4 Å². The number of H-pyrrole nitrogens is 1. The fourth-order valence-electron chi connectivity index (χ4n) is 2.89. The lowest BCUT2D eigenvalue weighted by molar-refractivity contribution is -0.192. The lowest BCUT2D eigenvalue weighted by Gasteiger charge is -2.09. The number of nitrogens with one attached hydrogen (secondary N) is 1. The molecule has 10 nitrogen and oxygen atoms in total. The van der Waals surface area contributed by atoms with Crippen LogP contribution in [0.4, 0.5) is 22.0 Å². The van der Waals surface area contributed by atoms with E-state index in [1.807, 2.05) is 12.1 Å². The molecule has 0 fully saturated rings. The number of aromatic nitrogens is 4. The smallest absolute Gasteiger partial charge is 0.475 e. The zero-order chi connectivity index (χ0) is 25.8. The van der Waals surface area contributed by atoms with Gasteiger partial charge in [0, 0.05) is 24.7 Å². The van der Waals surface area contributed by atoms with Crippen LogP contribution in [0.2, 0.25) is 0 Å². The Hall–Kier alpha value is -4.27. The number of rotatable bonds is 5. The summed E-state index contributed by atoms with van der Waals surface area (Å²) in [6.07, 6.45) is -5.71. The van der Waals surface area contributed by atoms with Crippen LogP contribution in [0.3, 0.4) is 0 Å². The van der Waals surface area contributed by atoms with E-state index >= 15 is 0 Å². The van der Waals surface area contributed by atoms with Crippen LogP contribution in [0.1, 0.15) is 5.82 Å². The quantitative estimate of drug-likeness (QED) is 0.453. The third-order valence-electron chi connectivity index (χ3n) is 4.55. The molecule has 0 atom stereocenters. The molecule has 186 valence electrons. The Morgan fingerprint density at radius 3 is 2.43 bits per heavy atom. The Bertz CT molecular complexity index is 1310. The summed E-state index contributed by atoms with van der Waals surface area (Å²) in [6.45, 7) is -0.176. The minimum absolute atomic E-state index is 0.0913. The van der Waals surface area contributed by atoms with Crippen LogP contribution in [0.25, 0.3) is 16.9 Å². The number of carboxylic acids is 1. The van der Waals surface area contributed by atoms with E-state index in [1.165, 1.54) is 6.20 Å². The molecule has 4 rings (SSSR count). The highest BCUT2D eigenvalue weighted by molar-refractivity contribution is 5.73. The SMILES string of the molecule is NCC(Cc1n[nH]c(=O)n1-c1cc(-c2ccc3c(c2)OCO3)ccn1)=C(F)F.O=C(O)C(F)(F)F. The Morgan fingerprint density at radius 2 is 1.80 bits per heavy atom. The third kappa shape index (κ3) is 6.00. The zero-order valence-electron chi connectivity index (χ0n) is 17.5. The lowest BCUT2D eigenvalue weighted by Crippen LogP contribution is -2.21. The van der Waals surface area contributed by atoms with Gasteiger partial charge in [0.25, 0.3) is 6.08 Å². The molecule has 0 saturated carbocycles. The number of nitrogens with zero attached hydrogens (tertiary/aromatic N) is 3. The molecule has 3 aromatic rings. The summed E-state index contributed by atoms with van der Waals surface area (Å²) in [4.78, 5) is 25.3. The Labute approximate surface area is 192 Å². The second-order valence-electron chi connectivity index (χ2n) is 6.80. The number of nitrogens with two attached hydrogens (primary N) is 1. The van der Waals surface area contributed by atoms with E-state index in [0.717, 1.165) is 15.7 Å². The van der Waals surface area contributed by atoms with Gasteiger partial charge in [-0.3, -0.25) is 0 Å². The topological polar surface area (TPSA) is 145 Å². The molecular weight excluding hydrogens is 485 g/mol. The number of pyridine rings is 1. The van der Waals surface area contributed by atoms with E-state index in [1.54, 1.807) is 18.2 Å². The molecule has 0 unspecified atom stereocenters. The summed E-state index contributed by atoms with van der Waals surface area (Å²) in [6, 6.07) is 8.87. The number of benzene rings is 1. The first-order valence-corrected chi connectivity index (χ1v) is 9.57. The Balaban J connectivity index is 0.000000429. The van der Waals surface area contributed by atoms with Gasteiger partial charge in [0.2, 0.25) is 6.79 Å². The molecule has 0 saturated heterocycles. The van der Waals surface area contributed by atoms with Crippen molar-refractivity contribution >= 4 is 5.97 Å². The van der Waals surface area contributed by atoms with Crippen LogP contribution in [-0.2, 0) is 11.2 Å². The number of carbonyl (C=O) groups is 1. The maximum atomic E-state index is 13.0. The maximum absolute atomic E-state index is 13.0. The van der Waals surface area contributed by atoms with E-state index in [-0.39, 0.29) is 37.0 Å². The van der Waals surface area contributed by atoms with Crippen molar-refractivity contribution in [2.45, 2.75) is 12.6 Å². The molecule has 0 amide bonds. The number of hydrogen-bond donors (Lipinski definition) is 3. The van der Waals surface area contributed by atoms with Crippen LogP contribution >= 0.6 is 0 Å². The molecule has 3 heterocycles. The van der Waals surface area contributed by atoms with Crippen LogP contribution in [0, 0.1) is 0 Å². The second kappa shape index (κ2) is 10.3. The van der Waals surface area contributed by atoms with E-state index in [2.05, 4.69) is 15.2 Å². The van der Waals surface area contributed by atoms with Gasteiger partial charge in [-0.1, -0.05) is 6.07 Å². The third-order valence-corrected chi connectivity index (χ3v) is 4.55. The minimum atomic E-state index is -5.08. The second-order valence-corrected chi connectivity index (χ2v) is 6.80. The van der Waals surface area contributed by atoms with Gasteiger partial charge < -0.3 is 20.3 Å². The van der Waals surface area contributed by atoms with Crippen molar-refractivity contribution in [1.82, 2.24) is 19.7 Å². The summed E-state index contributed by atoms with van der Waals surface area (Å²) in [5, 5.41) is 13.2. The number of carboxylic acid groups (broad SMARTS) is 1. The van der Waals surface area contributed by atoms with Gasteiger partial charge in [-0.2, -0.15) is 27.1 Å². The fraction of sp³-hybridized carbons (Fsp3) is 0.200. The number of aromatic amines is 1. The van der Waals surface area contributed by atoms with Crippen LogP contribution in [0.5, 0.6) is 11.5 Å². The fourth-order valence-corrected chi connectivity index (χ4v) is 2.89.